The Bertz CT molecular complexity index is 398. The number of benzene rings is 1. The molecule has 1 aliphatic rings. The van der Waals surface area contributed by atoms with E-state index in [1.54, 1.807) is 7.11 Å². The van der Waals surface area contributed by atoms with E-state index in [4.69, 9.17) is 4.74 Å². The second-order valence-corrected chi connectivity index (χ2v) is 4.60. The molecule has 94 valence electrons. The summed E-state index contributed by atoms with van der Waals surface area (Å²) in [7, 11) is 1.65. The quantitative estimate of drug-likeness (QED) is 0.864. The molecular weight excluding hydrogens is 226 g/mol. The molecule has 0 amide bonds. The first-order valence-electron chi connectivity index (χ1n) is 5.76. The molecule has 0 atom stereocenters. The number of methoxy groups -OCH3 is 1. The highest BCUT2D eigenvalue weighted by Crippen LogP contribution is 2.38. The highest BCUT2D eigenvalue weighted by molar-refractivity contribution is 5.24. The molecule has 1 fully saturated rings. The SMILES string of the molecule is COC1CCC(O)(c2ccc(F)c(F)c2)CC1. The highest BCUT2D eigenvalue weighted by Gasteiger charge is 2.35. The van der Waals surface area contributed by atoms with Gasteiger partial charge >= 0.3 is 0 Å². The van der Waals surface area contributed by atoms with Gasteiger partial charge in [0.05, 0.1) is 11.7 Å². The van der Waals surface area contributed by atoms with Crippen molar-refractivity contribution >= 4 is 0 Å². The standard InChI is InChI=1S/C13H16F2O2/c1-17-10-4-6-13(16,7-5-10)9-2-3-11(14)12(15)8-9/h2-3,8,10,16H,4-7H2,1H3. The van der Waals surface area contributed by atoms with Gasteiger partial charge in [-0.15, -0.1) is 0 Å². The van der Waals surface area contributed by atoms with E-state index in [1.807, 2.05) is 0 Å². The van der Waals surface area contributed by atoms with Gasteiger partial charge in [-0.05, 0) is 43.4 Å². The summed E-state index contributed by atoms with van der Waals surface area (Å²) in [4.78, 5) is 0. The maximum absolute atomic E-state index is 13.1. The predicted molar refractivity (Wildman–Crippen MR) is 59.5 cm³/mol. The van der Waals surface area contributed by atoms with Crippen LogP contribution < -0.4 is 0 Å². The maximum atomic E-state index is 13.1. The number of rotatable bonds is 2. The van der Waals surface area contributed by atoms with Gasteiger partial charge in [0, 0.05) is 7.11 Å². The molecule has 0 heterocycles. The van der Waals surface area contributed by atoms with E-state index in [1.165, 1.54) is 6.07 Å². The van der Waals surface area contributed by atoms with Gasteiger partial charge in [0.1, 0.15) is 0 Å². The molecule has 2 rings (SSSR count). The minimum absolute atomic E-state index is 0.153. The lowest BCUT2D eigenvalue weighted by molar-refractivity contribution is -0.0476. The highest BCUT2D eigenvalue weighted by atomic mass is 19.2. The topological polar surface area (TPSA) is 29.5 Å². The number of hydrogen-bond donors (Lipinski definition) is 1. The fourth-order valence-corrected chi connectivity index (χ4v) is 2.38. The van der Waals surface area contributed by atoms with Gasteiger partial charge < -0.3 is 9.84 Å². The molecule has 0 bridgehead atoms. The fraction of sp³-hybridized carbons (Fsp3) is 0.538. The van der Waals surface area contributed by atoms with Crippen LogP contribution in [0.25, 0.3) is 0 Å². The van der Waals surface area contributed by atoms with Crippen LogP contribution in [0.1, 0.15) is 31.2 Å². The zero-order valence-electron chi connectivity index (χ0n) is 9.75. The van der Waals surface area contributed by atoms with Gasteiger partial charge in [0.2, 0.25) is 0 Å². The van der Waals surface area contributed by atoms with E-state index < -0.39 is 17.2 Å². The number of ether oxygens (including phenoxy) is 1. The van der Waals surface area contributed by atoms with Crippen molar-refractivity contribution in [1.82, 2.24) is 0 Å². The molecule has 0 spiro atoms. The van der Waals surface area contributed by atoms with Crippen molar-refractivity contribution in [2.45, 2.75) is 37.4 Å². The van der Waals surface area contributed by atoms with Crippen LogP contribution in [0, 0.1) is 11.6 Å². The van der Waals surface area contributed by atoms with Crippen LogP contribution in [-0.2, 0) is 10.3 Å². The minimum atomic E-state index is -1.05. The summed E-state index contributed by atoms with van der Waals surface area (Å²) in [6.07, 6.45) is 2.63. The van der Waals surface area contributed by atoms with Crippen molar-refractivity contribution in [2.75, 3.05) is 7.11 Å². The van der Waals surface area contributed by atoms with Gasteiger partial charge in [-0.2, -0.15) is 0 Å². The average molecular weight is 242 g/mol. The molecule has 0 aromatic heterocycles. The molecular formula is C13H16F2O2. The molecule has 4 heteroatoms. The van der Waals surface area contributed by atoms with Crippen LogP contribution in [0.15, 0.2) is 18.2 Å². The average Bonchev–Trinajstić information content (AvgIpc) is 2.33. The molecule has 2 nitrogen and oxygen atoms in total. The molecule has 1 aliphatic carbocycles. The zero-order valence-corrected chi connectivity index (χ0v) is 9.75. The Morgan fingerprint density at radius 2 is 1.88 bits per heavy atom. The summed E-state index contributed by atoms with van der Waals surface area (Å²) in [6, 6.07) is 3.60. The van der Waals surface area contributed by atoms with E-state index in [9.17, 15) is 13.9 Å². The first-order valence-corrected chi connectivity index (χ1v) is 5.76. The molecule has 0 aliphatic heterocycles. The summed E-state index contributed by atoms with van der Waals surface area (Å²) in [5.41, 5.74) is -0.602. The second-order valence-electron chi connectivity index (χ2n) is 4.60. The van der Waals surface area contributed by atoms with Crippen LogP contribution in [0.3, 0.4) is 0 Å². The van der Waals surface area contributed by atoms with E-state index in [-0.39, 0.29) is 6.10 Å². The lowest BCUT2D eigenvalue weighted by atomic mass is 9.78. The molecule has 1 aromatic rings. The van der Waals surface area contributed by atoms with Crippen molar-refractivity contribution in [3.8, 4) is 0 Å². The first kappa shape index (κ1) is 12.5. The van der Waals surface area contributed by atoms with Crippen molar-refractivity contribution in [2.24, 2.45) is 0 Å². The van der Waals surface area contributed by atoms with Crippen LogP contribution in [0.5, 0.6) is 0 Å². The normalized spacial score (nSPS) is 29.3. The maximum Gasteiger partial charge on any atom is 0.159 e. The Balaban J connectivity index is 2.18. The van der Waals surface area contributed by atoms with Gasteiger partial charge in [-0.1, -0.05) is 6.07 Å². The Hall–Kier alpha value is -1.00. The first-order chi connectivity index (χ1) is 8.05. The third-order valence-electron chi connectivity index (χ3n) is 3.55. The van der Waals surface area contributed by atoms with E-state index in [0.717, 1.165) is 25.0 Å². The summed E-state index contributed by atoms with van der Waals surface area (Å²) >= 11 is 0. The second kappa shape index (κ2) is 4.70. The Morgan fingerprint density at radius 1 is 1.24 bits per heavy atom. The molecule has 0 saturated heterocycles. The van der Waals surface area contributed by atoms with E-state index in [2.05, 4.69) is 0 Å². The molecule has 1 aromatic carbocycles. The van der Waals surface area contributed by atoms with Gasteiger partial charge in [-0.25, -0.2) is 8.78 Å². The van der Waals surface area contributed by atoms with Crippen LogP contribution in [-0.4, -0.2) is 18.3 Å². The third-order valence-corrected chi connectivity index (χ3v) is 3.55. The molecule has 1 N–H and O–H groups in total. The van der Waals surface area contributed by atoms with Crippen LogP contribution in [0.2, 0.25) is 0 Å². The lowest BCUT2D eigenvalue weighted by Crippen LogP contribution is -2.34. The Labute approximate surface area is 99.2 Å². The number of aliphatic hydroxyl groups is 1. The van der Waals surface area contributed by atoms with Crippen LogP contribution >= 0.6 is 0 Å². The smallest absolute Gasteiger partial charge is 0.159 e. The third kappa shape index (κ3) is 2.48. The number of halogens is 2. The largest absolute Gasteiger partial charge is 0.385 e. The lowest BCUT2D eigenvalue weighted by Gasteiger charge is -2.35. The van der Waals surface area contributed by atoms with E-state index >= 15 is 0 Å². The van der Waals surface area contributed by atoms with Gasteiger partial charge in [0.15, 0.2) is 11.6 Å². The van der Waals surface area contributed by atoms with E-state index in [0.29, 0.717) is 18.4 Å². The Morgan fingerprint density at radius 3 is 2.41 bits per heavy atom. The molecule has 0 radical (unpaired) electrons. The van der Waals surface area contributed by atoms with Gasteiger partial charge in [-0.3, -0.25) is 0 Å². The summed E-state index contributed by atoms with van der Waals surface area (Å²) in [5.74, 6) is -1.80. The monoisotopic (exact) mass is 242 g/mol. The fourth-order valence-electron chi connectivity index (χ4n) is 2.38. The van der Waals surface area contributed by atoms with Crippen LogP contribution in [0.4, 0.5) is 8.78 Å². The summed E-state index contributed by atoms with van der Waals surface area (Å²) < 4.78 is 31.2. The Kier molecular flexibility index (Phi) is 3.45. The minimum Gasteiger partial charge on any atom is -0.385 e. The van der Waals surface area contributed by atoms with Gasteiger partial charge in [0.25, 0.3) is 0 Å². The van der Waals surface area contributed by atoms with Crippen molar-refractivity contribution < 1.29 is 18.6 Å². The summed E-state index contributed by atoms with van der Waals surface area (Å²) in [5, 5.41) is 10.4. The molecule has 17 heavy (non-hydrogen) atoms. The molecule has 1 saturated carbocycles. The number of hydrogen-bond acceptors (Lipinski definition) is 2. The van der Waals surface area contributed by atoms with Crippen molar-refractivity contribution in [3.05, 3.63) is 35.4 Å². The summed E-state index contributed by atoms with van der Waals surface area (Å²) in [6.45, 7) is 0. The zero-order chi connectivity index (χ0) is 12.5. The predicted octanol–water partition coefficient (Wildman–Crippen LogP) is 2.74. The molecule has 0 unspecified atom stereocenters. The van der Waals surface area contributed by atoms with Crippen molar-refractivity contribution in [3.63, 3.8) is 0 Å². The van der Waals surface area contributed by atoms with Crippen molar-refractivity contribution in [1.29, 1.82) is 0 Å².